The molecule has 0 radical (unpaired) electrons. The Morgan fingerprint density at radius 1 is 0.955 bits per heavy atom. The van der Waals surface area contributed by atoms with Crippen LogP contribution in [0.4, 0.5) is 0 Å². The molecule has 2 aromatic rings. The minimum Gasteiger partial charge on any atom is -0.423 e. The van der Waals surface area contributed by atoms with Gasteiger partial charge in [0, 0.05) is 6.08 Å². The zero-order valence-corrected chi connectivity index (χ0v) is 12.7. The van der Waals surface area contributed by atoms with E-state index in [0.29, 0.717) is 5.75 Å². The SMILES string of the molecule is CCC/C=C/C=C/C(=O)Oc1ccc(-c2ccccc2)cc1. The highest BCUT2D eigenvalue weighted by Crippen LogP contribution is 2.22. The van der Waals surface area contributed by atoms with Gasteiger partial charge in [0.25, 0.3) is 0 Å². The largest absolute Gasteiger partial charge is 0.423 e. The Morgan fingerprint density at radius 2 is 1.64 bits per heavy atom. The van der Waals surface area contributed by atoms with Crippen molar-refractivity contribution in [2.75, 3.05) is 0 Å². The Kier molecular flexibility index (Phi) is 6.18. The lowest BCUT2D eigenvalue weighted by Crippen LogP contribution is -2.03. The summed E-state index contributed by atoms with van der Waals surface area (Å²) in [6.07, 6.45) is 9.14. The number of carbonyl (C=O) groups excluding carboxylic acids is 1. The maximum atomic E-state index is 11.7. The minimum atomic E-state index is -0.367. The molecular formula is C20H20O2. The average Bonchev–Trinajstić information content (AvgIpc) is 2.56. The molecule has 0 aliphatic heterocycles. The van der Waals surface area contributed by atoms with Crippen LogP contribution in [0.1, 0.15) is 19.8 Å². The summed E-state index contributed by atoms with van der Waals surface area (Å²) in [5, 5.41) is 0. The molecular weight excluding hydrogens is 272 g/mol. The van der Waals surface area contributed by atoms with E-state index in [2.05, 4.69) is 6.92 Å². The Morgan fingerprint density at radius 3 is 2.32 bits per heavy atom. The first-order valence-electron chi connectivity index (χ1n) is 7.50. The van der Waals surface area contributed by atoms with E-state index in [9.17, 15) is 4.79 Å². The first kappa shape index (κ1) is 15.8. The lowest BCUT2D eigenvalue weighted by molar-refractivity contribution is -0.128. The third-order valence-electron chi connectivity index (χ3n) is 3.11. The number of rotatable bonds is 6. The van der Waals surface area contributed by atoms with Crippen molar-refractivity contribution in [3.63, 3.8) is 0 Å². The van der Waals surface area contributed by atoms with Crippen LogP contribution in [0.3, 0.4) is 0 Å². The zero-order chi connectivity index (χ0) is 15.6. The summed E-state index contributed by atoms with van der Waals surface area (Å²) in [6.45, 7) is 2.11. The number of hydrogen-bond donors (Lipinski definition) is 0. The first-order valence-corrected chi connectivity index (χ1v) is 7.50. The lowest BCUT2D eigenvalue weighted by Gasteiger charge is -2.04. The van der Waals surface area contributed by atoms with Gasteiger partial charge in [-0.15, -0.1) is 0 Å². The van der Waals surface area contributed by atoms with Crippen molar-refractivity contribution in [3.8, 4) is 16.9 Å². The molecule has 112 valence electrons. The number of ether oxygens (including phenoxy) is 1. The lowest BCUT2D eigenvalue weighted by atomic mass is 10.1. The molecule has 0 atom stereocenters. The highest BCUT2D eigenvalue weighted by atomic mass is 16.5. The first-order chi connectivity index (χ1) is 10.8. The highest BCUT2D eigenvalue weighted by Gasteiger charge is 2.01. The summed E-state index contributed by atoms with van der Waals surface area (Å²) in [7, 11) is 0. The van der Waals surface area contributed by atoms with Gasteiger partial charge in [-0.3, -0.25) is 0 Å². The van der Waals surface area contributed by atoms with Gasteiger partial charge in [-0.25, -0.2) is 4.79 Å². The van der Waals surface area contributed by atoms with Crippen LogP contribution in [0, 0.1) is 0 Å². The third-order valence-corrected chi connectivity index (χ3v) is 3.11. The topological polar surface area (TPSA) is 26.3 Å². The molecule has 2 rings (SSSR count). The smallest absolute Gasteiger partial charge is 0.336 e. The van der Waals surface area contributed by atoms with Gasteiger partial charge in [-0.1, -0.05) is 74.0 Å². The molecule has 0 aliphatic rings. The molecule has 22 heavy (non-hydrogen) atoms. The molecule has 2 nitrogen and oxygen atoms in total. The molecule has 2 aromatic carbocycles. The van der Waals surface area contributed by atoms with Crippen LogP contribution in [0.15, 0.2) is 78.9 Å². The predicted molar refractivity (Wildman–Crippen MR) is 90.7 cm³/mol. The zero-order valence-electron chi connectivity index (χ0n) is 12.7. The van der Waals surface area contributed by atoms with Gasteiger partial charge in [-0.05, 0) is 29.7 Å². The van der Waals surface area contributed by atoms with Crippen LogP contribution < -0.4 is 4.74 Å². The van der Waals surface area contributed by atoms with Crippen LogP contribution in [-0.4, -0.2) is 5.97 Å². The second-order valence-corrected chi connectivity index (χ2v) is 4.89. The summed E-state index contributed by atoms with van der Waals surface area (Å²) < 4.78 is 5.25. The quantitative estimate of drug-likeness (QED) is 0.318. The number of unbranched alkanes of at least 4 members (excludes halogenated alkanes) is 1. The van der Waals surface area contributed by atoms with Crippen molar-refractivity contribution in [1.82, 2.24) is 0 Å². The van der Waals surface area contributed by atoms with Gasteiger partial charge >= 0.3 is 5.97 Å². The van der Waals surface area contributed by atoms with Crippen molar-refractivity contribution in [2.24, 2.45) is 0 Å². The van der Waals surface area contributed by atoms with Crippen molar-refractivity contribution in [2.45, 2.75) is 19.8 Å². The third kappa shape index (κ3) is 5.06. The van der Waals surface area contributed by atoms with Gasteiger partial charge < -0.3 is 4.74 Å². The van der Waals surface area contributed by atoms with Crippen LogP contribution in [0.25, 0.3) is 11.1 Å². The monoisotopic (exact) mass is 292 g/mol. The Labute approximate surface area is 131 Å². The number of benzene rings is 2. The van der Waals surface area contributed by atoms with Crippen LogP contribution in [0.5, 0.6) is 5.75 Å². The number of carbonyl (C=O) groups is 1. The summed E-state index contributed by atoms with van der Waals surface area (Å²) in [4.78, 5) is 11.7. The fourth-order valence-electron chi connectivity index (χ4n) is 1.97. The van der Waals surface area contributed by atoms with Crippen LogP contribution in [-0.2, 0) is 4.79 Å². The second-order valence-electron chi connectivity index (χ2n) is 4.89. The minimum absolute atomic E-state index is 0.367. The molecule has 0 unspecified atom stereocenters. The molecule has 0 amide bonds. The molecule has 2 heteroatoms. The van der Waals surface area contributed by atoms with E-state index in [1.54, 1.807) is 18.2 Å². The van der Waals surface area contributed by atoms with Gasteiger partial charge in [0.2, 0.25) is 0 Å². The van der Waals surface area contributed by atoms with Gasteiger partial charge in [0.1, 0.15) is 5.75 Å². The van der Waals surface area contributed by atoms with Crippen molar-refractivity contribution >= 4 is 5.97 Å². The number of allylic oxidation sites excluding steroid dienone is 3. The molecule has 0 N–H and O–H groups in total. The maximum Gasteiger partial charge on any atom is 0.336 e. The van der Waals surface area contributed by atoms with Crippen molar-refractivity contribution in [3.05, 3.63) is 78.9 Å². The van der Waals surface area contributed by atoms with Crippen molar-refractivity contribution < 1.29 is 9.53 Å². The molecule has 0 heterocycles. The summed E-state index contributed by atoms with van der Waals surface area (Å²) in [5.41, 5.74) is 2.24. The molecule has 0 spiro atoms. The molecule has 0 bridgehead atoms. The second kappa shape index (κ2) is 8.63. The highest BCUT2D eigenvalue weighted by molar-refractivity contribution is 5.84. The fraction of sp³-hybridized carbons (Fsp3) is 0.150. The Bertz CT molecular complexity index is 637. The predicted octanol–water partition coefficient (Wildman–Crippen LogP) is 5.17. The average molecular weight is 292 g/mol. The maximum absolute atomic E-state index is 11.7. The van der Waals surface area contributed by atoms with E-state index in [1.165, 1.54) is 6.08 Å². The summed E-state index contributed by atoms with van der Waals surface area (Å²) >= 11 is 0. The van der Waals surface area contributed by atoms with Gasteiger partial charge in [0.05, 0.1) is 0 Å². The van der Waals surface area contributed by atoms with E-state index >= 15 is 0 Å². The van der Waals surface area contributed by atoms with E-state index in [0.717, 1.165) is 24.0 Å². The van der Waals surface area contributed by atoms with E-state index < -0.39 is 0 Å². The summed E-state index contributed by atoms with van der Waals surface area (Å²) in [5.74, 6) is 0.181. The van der Waals surface area contributed by atoms with E-state index in [4.69, 9.17) is 4.74 Å². The fourth-order valence-corrected chi connectivity index (χ4v) is 1.97. The van der Waals surface area contributed by atoms with Crippen LogP contribution in [0.2, 0.25) is 0 Å². The summed E-state index contributed by atoms with van der Waals surface area (Å²) in [6, 6.07) is 17.6. The standard InChI is InChI=1S/C20H20O2/c1-2-3-4-5-9-12-20(21)22-19-15-13-18(14-16-19)17-10-7-6-8-11-17/h4-16H,2-3H2,1H3/b5-4+,12-9+. The molecule has 0 aromatic heterocycles. The molecule has 0 saturated carbocycles. The molecule has 0 fully saturated rings. The van der Waals surface area contributed by atoms with E-state index in [1.807, 2.05) is 54.6 Å². The number of esters is 1. The number of hydrogen-bond acceptors (Lipinski definition) is 2. The van der Waals surface area contributed by atoms with Gasteiger partial charge in [0.15, 0.2) is 0 Å². The molecule has 0 aliphatic carbocycles. The molecule has 0 saturated heterocycles. The Hall–Kier alpha value is -2.61. The van der Waals surface area contributed by atoms with Crippen LogP contribution >= 0.6 is 0 Å². The van der Waals surface area contributed by atoms with Crippen molar-refractivity contribution in [1.29, 1.82) is 0 Å². The van der Waals surface area contributed by atoms with Gasteiger partial charge in [-0.2, -0.15) is 0 Å². The Balaban J connectivity index is 1.92. The van der Waals surface area contributed by atoms with E-state index in [-0.39, 0.29) is 5.97 Å². The normalized spacial score (nSPS) is 11.1.